The zero-order valence-electron chi connectivity index (χ0n) is 10.4. The highest BCUT2D eigenvalue weighted by molar-refractivity contribution is 9.10. The number of halogens is 7. The van der Waals surface area contributed by atoms with Crippen molar-refractivity contribution >= 4 is 15.9 Å². The van der Waals surface area contributed by atoms with Crippen LogP contribution in [0.3, 0.4) is 0 Å². The fraction of sp³-hybridized carbons (Fsp3) is 0.273. The Bertz CT molecular complexity index is 667. The van der Waals surface area contributed by atoms with Crippen LogP contribution in [-0.4, -0.2) is 27.3 Å². The Kier molecular flexibility index (Phi) is 4.36. The summed E-state index contributed by atoms with van der Waals surface area (Å²) in [5, 5.41) is 0. The molecule has 0 aliphatic heterocycles. The molecule has 0 aromatic carbocycles. The maximum absolute atomic E-state index is 12.7. The van der Waals surface area contributed by atoms with Crippen LogP contribution in [0.5, 0.6) is 5.88 Å². The van der Waals surface area contributed by atoms with Gasteiger partial charge < -0.3 is 4.74 Å². The lowest BCUT2D eigenvalue weighted by atomic mass is 10.4. The van der Waals surface area contributed by atoms with Gasteiger partial charge in [-0.1, -0.05) is 0 Å². The second kappa shape index (κ2) is 5.78. The average molecular weight is 390 g/mol. The summed E-state index contributed by atoms with van der Waals surface area (Å²) in [6.45, 7) is -1.56. The van der Waals surface area contributed by atoms with Gasteiger partial charge in [-0.05, 0) is 22.0 Å². The Morgan fingerprint density at radius 1 is 1.14 bits per heavy atom. The topological polar surface area (TPSA) is 39.9 Å². The fourth-order valence-corrected chi connectivity index (χ4v) is 1.98. The summed E-state index contributed by atoms with van der Waals surface area (Å²) >= 11 is 2.91. The van der Waals surface area contributed by atoms with Crippen molar-refractivity contribution in [1.82, 2.24) is 14.5 Å². The van der Waals surface area contributed by atoms with Crippen LogP contribution in [0, 0.1) is 0 Å². The minimum Gasteiger partial charge on any atom is -0.467 e. The maximum Gasteiger partial charge on any atom is 0.450 e. The number of aromatic nitrogens is 3. The molecular formula is C11H6BrF6N3O. The zero-order chi connectivity index (χ0) is 16.5. The summed E-state index contributed by atoms with van der Waals surface area (Å²) in [6, 6.07) is 1.15. The largest absolute Gasteiger partial charge is 0.467 e. The van der Waals surface area contributed by atoms with Crippen LogP contribution in [0.4, 0.5) is 26.3 Å². The molecule has 22 heavy (non-hydrogen) atoms. The lowest BCUT2D eigenvalue weighted by molar-refractivity contribution is -0.154. The second-order valence-corrected chi connectivity index (χ2v) is 4.86. The summed E-state index contributed by atoms with van der Waals surface area (Å²) in [5.41, 5.74) is -0.0314. The van der Waals surface area contributed by atoms with E-state index in [1.165, 1.54) is 0 Å². The Morgan fingerprint density at radius 2 is 1.82 bits per heavy atom. The van der Waals surface area contributed by atoms with E-state index in [0.29, 0.717) is 4.57 Å². The van der Waals surface area contributed by atoms with E-state index in [0.717, 1.165) is 24.7 Å². The molecule has 0 unspecified atom stereocenters. The van der Waals surface area contributed by atoms with Gasteiger partial charge in [-0.15, -0.1) is 0 Å². The number of pyridine rings is 1. The third-order valence-electron chi connectivity index (χ3n) is 2.34. The zero-order valence-corrected chi connectivity index (χ0v) is 12.0. The second-order valence-electron chi connectivity index (χ2n) is 4.00. The highest BCUT2D eigenvalue weighted by Crippen LogP contribution is 2.31. The molecule has 2 heterocycles. The third kappa shape index (κ3) is 3.90. The molecule has 0 amide bonds. The van der Waals surface area contributed by atoms with Crippen molar-refractivity contribution in [3.63, 3.8) is 0 Å². The summed E-state index contributed by atoms with van der Waals surface area (Å²) in [6.07, 6.45) is -6.27. The summed E-state index contributed by atoms with van der Waals surface area (Å²) in [4.78, 5) is 6.77. The van der Waals surface area contributed by atoms with Crippen LogP contribution in [0.15, 0.2) is 29.1 Å². The van der Waals surface area contributed by atoms with E-state index in [-0.39, 0.29) is 16.0 Å². The Balaban J connectivity index is 2.29. The summed E-state index contributed by atoms with van der Waals surface area (Å²) in [5.74, 6) is -1.56. The van der Waals surface area contributed by atoms with Crippen molar-refractivity contribution in [3.8, 4) is 11.6 Å². The first-order valence-corrected chi connectivity index (χ1v) is 6.33. The molecule has 0 aliphatic carbocycles. The van der Waals surface area contributed by atoms with Crippen molar-refractivity contribution in [2.45, 2.75) is 12.4 Å². The third-order valence-corrected chi connectivity index (χ3v) is 2.91. The first-order chi connectivity index (χ1) is 10.1. The molecule has 120 valence electrons. The molecule has 0 atom stereocenters. The molecule has 0 saturated heterocycles. The highest BCUT2D eigenvalue weighted by atomic mass is 79.9. The van der Waals surface area contributed by atoms with Gasteiger partial charge in [0, 0.05) is 12.4 Å². The van der Waals surface area contributed by atoms with E-state index < -0.39 is 24.8 Å². The summed E-state index contributed by atoms with van der Waals surface area (Å²) in [7, 11) is 0. The van der Waals surface area contributed by atoms with Gasteiger partial charge in [0.15, 0.2) is 6.61 Å². The molecule has 2 rings (SSSR count). The number of hydrogen-bond acceptors (Lipinski definition) is 3. The van der Waals surface area contributed by atoms with Gasteiger partial charge in [-0.2, -0.15) is 26.3 Å². The monoisotopic (exact) mass is 389 g/mol. The van der Waals surface area contributed by atoms with Gasteiger partial charge in [0.2, 0.25) is 11.7 Å². The van der Waals surface area contributed by atoms with Crippen LogP contribution in [0.25, 0.3) is 5.69 Å². The quantitative estimate of drug-likeness (QED) is 0.745. The van der Waals surface area contributed by atoms with E-state index in [4.69, 9.17) is 0 Å². The maximum atomic E-state index is 12.7. The van der Waals surface area contributed by atoms with Gasteiger partial charge in [0.25, 0.3) is 0 Å². The van der Waals surface area contributed by atoms with Gasteiger partial charge in [-0.3, -0.25) is 4.57 Å². The molecule has 0 aliphatic rings. The van der Waals surface area contributed by atoms with Crippen molar-refractivity contribution < 1.29 is 31.1 Å². The van der Waals surface area contributed by atoms with Crippen LogP contribution < -0.4 is 4.74 Å². The van der Waals surface area contributed by atoms with Crippen molar-refractivity contribution in [2.75, 3.05) is 6.61 Å². The molecule has 0 fully saturated rings. The molecular weight excluding hydrogens is 384 g/mol. The number of alkyl halides is 6. The van der Waals surface area contributed by atoms with Crippen LogP contribution in [0.1, 0.15) is 5.82 Å². The number of hydrogen-bond donors (Lipinski definition) is 0. The molecule has 0 saturated carbocycles. The molecule has 0 spiro atoms. The SMILES string of the molecule is FC(F)(F)COc1ncc(-n2ccnc2C(F)(F)F)cc1Br. The molecule has 2 aromatic heterocycles. The Morgan fingerprint density at radius 3 is 2.36 bits per heavy atom. The van der Waals surface area contributed by atoms with Crippen LogP contribution >= 0.6 is 15.9 Å². The van der Waals surface area contributed by atoms with Crippen LogP contribution in [0.2, 0.25) is 0 Å². The van der Waals surface area contributed by atoms with E-state index in [1.54, 1.807) is 0 Å². The Labute approximate surface area is 127 Å². The van der Waals surface area contributed by atoms with Crippen LogP contribution in [-0.2, 0) is 6.18 Å². The predicted molar refractivity (Wildman–Crippen MR) is 65.6 cm³/mol. The van der Waals surface area contributed by atoms with E-state index >= 15 is 0 Å². The molecule has 2 aromatic rings. The van der Waals surface area contributed by atoms with Gasteiger partial charge >= 0.3 is 12.4 Å². The molecule has 11 heteroatoms. The molecule has 4 nitrogen and oxygen atoms in total. The smallest absolute Gasteiger partial charge is 0.450 e. The van der Waals surface area contributed by atoms with E-state index in [2.05, 4.69) is 30.6 Å². The first kappa shape index (κ1) is 16.6. The van der Waals surface area contributed by atoms with Crippen molar-refractivity contribution in [2.24, 2.45) is 0 Å². The highest BCUT2D eigenvalue weighted by Gasteiger charge is 2.36. The fourth-order valence-electron chi connectivity index (χ4n) is 1.52. The minimum absolute atomic E-state index is 0.0175. The number of rotatable bonds is 3. The lowest BCUT2D eigenvalue weighted by Crippen LogP contribution is -2.20. The average Bonchev–Trinajstić information content (AvgIpc) is 2.85. The van der Waals surface area contributed by atoms with Crippen molar-refractivity contribution in [1.29, 1.82) is 0 Å². The Hall–Kier alpha value is -1.78. The number of ether oxygens (including phenoxy) is 1. The first-order valence-electron chi connectivity index (χ1n) is 5.54. The van der Waals surface area contributed by atoms with E-state index in [1.807, 2.05) is 0 Å². The van der Waals surface area contributed by atoms with Gasteiger partial charge in [0.1, 0.15) is 0 Å². The minimum atomic E-state index is -4.68. The number of imidazole rings is 1. The van der Waals surface area contributed by atoms with E-state index in [9.17, 15) is 26.3 Å². The number of nitrogens with zero attached hydrogens (tertiary/aromatic N) is 3. The lowest BCUT2D eigenvalue weighted by Gasteiger charge is -2.13. The standard InChI is InChI=1S/C11H6BrF6N3O/c12-7-3-6(4-20-8(7)22-5-10(13,14)15)21-2-1-19-9(21)11(16,17)18/h1-4H,5H2. The molecule has 0 radical (unpaired) electrons. The summed E-state index contributed by atoms with van der Waals surface area (Å²) < 4.78 is 79.5. The predicted octanol–water partition coefficient (Wildman–Crippen LogP) is 3.99. The van der Waals surface area contributed by atoms with Gasteiger partial charge in [0.05, 0.1) is 16.4 Å². The normalized spacial score (nSPS) is 12.5. The molecule has 0 bridgehead atoms. The van der Waals surface area contributed by atoms with Crippen molar-refractivity contribution in [3.05, 3.63) is 35.0 Å². The molecule has 0 N–H and O–H groups in total. The van der Waals surface area contributed by atoms with Gasteiger partial charge in [-0.25, -0.2) is 9.97 Å².